The van der Waals surface area contributed by atoms with Crippen LogP contribution >= 0.6 is 15.9 Å². The van der Waals surface area contributed by atoms with Crippen molar-refractivity contribution in [2.45, 2.75) is 17.9 Å². The Morgan fingerprint density at radius 3 is 2.38 bits per heavy atom. The first-order chi connectivity index (χ1) is 13.8. The predicted octanol–water partition coefficient (Wildman–Crippen LogP) is 3.83. The van der Waals surface area contributed by atoms with E-state index in [2.05, 4.69) is 26.0 Å². The van der Waals surface area contributed by atoms with Gasteiger partial charge in [-0.3, -0.25) is 4.79 Å². The summed E-state index contributed by atoms with van der Waals surface area (Å²) in [6.45, 7) is 0.119. The molecule has 3 aromatic rings. The minimum Gasteiger partial charge on any atom is -0.459 e. The molecular weight excluding hydrogens is 463 g/mol. The number of sulfonamides is 1. The lowest BCUT2D eigenvalue weighted by Crippen LogP contribution is -2.30. The zero-order valence-corrected chi connectivity index (χ0v) is 17.6. The van der Waals surface area contributed by atoms with Crippen LogP contribution in [0.2, 0.25) is 0 Å². The molecule has 0 atom stereocenters. The van der Waals surface area contributed by atoms with E-state index in [1.807, 2.05) is 30.3 Å². The summed E-state index contributed by atoms with van der Waals surface area (Å²) in [4.78, 5) is 11.9. The Bertz CT molecular complexity index is 1080. The van der Waals surface area contributed by atoms with Gasteiger partial charge < -0.3 is 9.73 Å². The van der Waals surface area contributed by atoms with Crippen molar-refractivity contribution in [3.63, 3.8) is 0 Å². The monoisotopic (exact) mass is 480 g/mol. The lowest BCUT2D eigenvalue weighted by Gasteiger charge is -2.07. The van der Waals surface area contributed by atoms with Crippen molar-refractivity contribution < 1.29 is 22.0 Å². The Morgan fingerprint density at radius 2 is 1.69 bits per heavy atom. The van der Waals surface area contributed by atoms with Crippen LogP contribution in [0.5, 0.6) is 0 Å². The molecule has 2 aromatic carbocycles. The van der Waals surface area contributed by atoms with Gasteiger partial charge in [-0.15, -0.1) is 0 Å². The van der Waals surface area contributed by atoms with Gasteiger partial charge in [-0.1, -0.05) is 28.1 Å². The number of furan rings is 1. The fraction of sp³-hybridized carbons (Fsp3) is 0.150. The van der Waals surface area contributed by atoms with Crippen molar-refractivity contribution >= 4 is 31.9 Å². The van der Waals surface area contributed by atoms with Gasteiger partial charge in [0.05, 0.1) is 11.4 Å². The van der Waals surface area contributed by atoms with E-state index in [1.54, 1.807) is 6.07 Å². The van der Waals surface area contributed by atoms with E-state index < -0.39 is 15.8 Å². The highest BCUT2D eigenvalue weighted by atomic mass is 79.9. The van der Waals surface area contributed by atoms with Crippen LogP contribution in [0.3, 0.4) is 0 Å². The van der Waals surface area contributed by atoms with Gasteiger partial charge in [-0.05, 0) is 48.5 Å². The van der Waals surface area contributed by atoms with Crippen LogP contribution in [0, 0.1) is 5.82 Å². The quantitative estimate of drug-likeness (QED) is 0.512. The van der Waals surface area contributed by atoms with E-state index in [0.29, 0.717) is 11.5 Å². The molecule has 0 aliphatic rings. The van der Waals surface area contributed by atoms with Crippen LogP contribution in [0.4, 0.5) is 4.39 Å². The second-order valence-corrected chi connectivity index (χ2v) is 8.83. The highest BCUT2D eigenvalue weighted by Crippen LogP contribution is 2.23. The van der Waals surface area contributed by atoms with Crippen LogP contribution in [0.1, 0.15) is 12.2 Å². The number of amides is 1. The molecular formula is C20H18BrFN2O4S. The van der Waals surface area contributed by atoms with E-state index in [1.165, 1.54) is 0 Å². The van der Waals surface area contributed by atoms with Crippen LogP contribution in [-0.2, 0) is 21.4 Å². The van der Waals surface area contributed by atoms with Crippen molar-refractivity contribution in [2.24, 2.45) is 0 Å². The van der Waals surface area contributed by atoms with Gasteiger partial charge in [-0.25, -0.2) is 17.5 Å². The van der Waals surface area contributed by atoms with Crippen LogP contribution in [0.15, 0.2) is 74.4 Å². The molecule has 1 heterocycles. The van der Waals surface area contributed by atoms with Crippen molar-refractivity contribution in [3.05, 3.63) is 76.7 Å². The van der Waals surface area contributed by atoms with E-state index in [-0.39, 0.29) is 30.3 Å². The largest absolute Gasteiger partial charge is 0.459 e. The summed E-state index contributed by atoms with van der Waals surface area (Å²) < 4.78 is 46.1. The number of carbonyl (C=O) groups is 1. The standard InChI is InChI=1S/C20H18BrFN2O4S/c21-15-3-1-14(2-4-15)19-10-7-17(28-19)13-23-20(25)11-12-24-29(26,27)18-8-5-16(22)6-9-18/h1-10,24H,11-13H2,(H,23,25). The molecule has 9 heteroatoms. The summed E-state index contributed by atoms with van der Waals surface area (Å²) in [5.74, 6) is 0.426. The third-order valence-electron chi connectivity index (χ3n) is 4.02. The Hall–Kier alpha value is -2.49. The number of hydrogen-bond donors (Lipinski definition) is 2. The zero-order chi connectivity index (χ0) is 20.9. The van der Waals surface area contributed by atoms with Gasteiger partial charge in [0.15, 0.2) is 0 Å². The van der Waals surface area contributed by atoms with Gasteiger partial charge in [0.1, 0.15) is 17.3 Å². The summed E-state index contributed by atoms with van der Waals surface area (Å²) in [6.07, 6.45) is -0.0410. The van der Waals surface area contributed by atoms with Gasteiger partial charge in [0, 0.05) is 23.0 Å². The lowest BCUT2D eigenvalue weighted by atomic mass is 10.2. The normalized spacial score (nSPS) is 11.4. The Morgan fingerprint density at radius 1 is 1.00 bits per heavy atom. The van der Waals surface area contributed by atoms with Crippen molar-refractivity contribution in [1.29, 1.82) is 0 Å². The SMILES string of the molecule is O=C(CCNS(=O)(=O)c1ccc(F)cc1)NCc1ccc(-c2ccc(Br)cc2)o1. The average molecular weight is 481 g/mol. The molecule has 0 bridgehead atoms. The van der Waals surface area contributed by atoms with Gasteiger partial charge in [0.25, 0.3) is 0 Å². The summed E-state index contributed by atoms with van der Waals surface area (Å²) in [5.41, 5.74) is 0.918. The smallest absolute Gasteiger partial charge is 0.240 e. The Kier molecular flexibility index (Phi) is 6.83. The molecule has 6 nitrogen and oxygen atoms in total. The van der Waals surface area contributed by atoms with Gasteiger partial charge >= 0.3 is 0 Å². The molecule has 0 spiro atoms. The molecule has 0 saturated heterocycles. The average Bonchev–Trinajstić information content (AvgIpc) is 3.16. The number of benzene rings is 2. The maximum atomic E-state index is 12.9. The lowest BCUT2D eigenvalue weighted by molar-refractivity contribution is -0.121. The Balaban J connectivity index is 1.45. The predicted molar refractivity (Wildman–Crippen MR) is 110 cm³/mol. The van der Waals surface area contributed by atoms with Crippen LogP contribution in [0.25, 0.3) is 11.3 Å². The van der Waals surface area contributed by atoms with E-state index in [0.717, 1.165) is 34.3 Å². The fourth-order valence-electron chi connectivity index (χ4n) is 2.51. The number of carbonyl (C=O) groups excluding carboxylic acids is 1. The molecule has 0 unspecified atom stereocenters. The van der Waals surface area contributed by atoms with Crippen molar-refractivity contribution in [2.75, 3.05) is 6.54 Å². The molecule has 0 aliphatic heterocycles. The van der Waals surface area contributed by atoms with Crippen molar-refractivity contribution in [3.8, 4) is 11.3 Å². The molecule has 0 radical (unpaired) electrons. The maximum absolute atomic E-state index is 12.9. The molecule has 0 aliphatic carbocycles. The zero-order valence-electron chi connectivity index (χ0n) is 15.2. The van der Waals surface area contributed by atoms with Crippen molar-refractivity contribution in [1.82, 2.24) is 10.0 Å². The highest BCUT2D eigenvalue weighted by Gasteiger charge is 2.14. The molecule has 0 fully saturated rings. The third-order valence-corrected chi connectivity index (χ3v) is 6.02. The van der Waals surface area contributed by atoms with E-state index in [4.69, 9.17) is 4.42 Å². The molecule has 152 valence electrons. The maximum Gasteiger partial charge on any atom is 0.240 e. The Labute approximate surface area is 176 Å². The summed E-state index contributed by atoms with van der Waals surface area (Å²) in [6, 6.07) is 15.7. The minimum absolute atomic E-state index is 0.0410. The number of rotatable bonds is 8. The summed E-state index contributed by atoms with van der Waals surface area (Å²) in [7, 11) is -3.79. The minimum atomic E-state index is -3.79. The summed E-state index contributed by atoms with van der Waals surface area (Å²) >= 11 is 3.38. The van der Waals surface area contributed by atoms with Gasteiger partial charge in [0.2, 0.25) is 15.9 Å². The number of nitrogens with one attached hydrogen (secondary N) is 2. The fourth-order valence-corrected chi connectivity index (χ4v) is 3.81. The number of halogens is 2. The number of hydrogen-bond acceptors (Lipinski definition) is 4. The second kappa shape index (κ2) is 9.34. The highest BCUT2D eigenvalue weighted by molar-refractivity contribution is 9.10. The van der Waals surface area contributed by atoms with E-state index in [9.17, 15) is 17.6 Å². The van der Waals surface area contributed by atoms with E-state index >= 15 is 0 Å². The summed E-state index contributed by atoms with van der Waals surface area (Å²) in [5, 5.41) is 2.68. The molecule has 2 N–H and O–H groups in total. The molecule has 29 heavy (non-hydrogen) atoms. The first kappa shape index (κ1) is 21.2. The second-order valence-electron chi connectivity index (χ2n) is 6.15. The molecule has 1 aromatic heterocycles. The topological polar surface area (TPSA) is 88.4 Å². The van der Waals surface area contributed by atoms with Crippen LogP contribution < -0.4 is 10.0 Å². The molecule has 0 saturated carbocycles. The molecule has 1 amide bonds. The third kappa shape index (κ3) is 5.99. The van der Waals surface area contributed by atoms with Crippen LogP contribution in [-0.4, -0.2) is 20.9 Å². The first-order valence-electron chi connectivity index (χ1n) is 8.70. The molecule has 3 rings (SSSR count). The van der Waals surface area contributed by atoms with Gasteiger partial charge in [-0.2, -0.15) is 0 Å². The first-order valence-corrected chi connectivity index (χ1v) is 11.0.